The number of aromatic nitrogens is 2. The molecule has 0 aliphatic heterocycles. The number of anilines is 3. The zero-order valence-electron chi connectivity index (χ0n) is 16.6. The molecule has 0 bridgehead atoms. The van der Waals surface area contributed by atoms with Crippen LogP contribution in [0.5, 0.6) is 0 Å². The van der Waals surface area contributed by atoms with Crippen molar-refractivity contribution in [1.82, 2.24) is 9.97 Å². The van der Waals surface area contributed by atoms with Crippen molar-refractivity contribution in [2.75, 3.05) is 10.6 Å². The number of nitrogens with zero attached hydrogens (tertiary/aromatic N) is 2. The molecule has 0 saturated heterocycles. The van der Waals surface area contributed by atoms with Crippen molar-refractivity contribution in [2.45, 2.75) is 55.6 Å². The Labute approximate surface area is 172 Å². The topological polar surface area (TPSA) is 84.0 Å². The van der Waals surface area contributed by atoms with Crippen molar-refractivity contribution in [3.63, 3.8) is 0 Å². The number of allylic oxidation sites excluding steroid dienone is 3. The fourth-order valence-electron chi connectivity index (χ4n) is 3.74. The Hall–Kier alpha value is -2.67. The molecule has 0 atom stereocenters. The summed E-state index contributed by atoms with van der Waals surface area (Å²) in [6.45, 7) is 1.95. The molecule has 2 aromatic rings. The monoisotopic (exact) mass is 410 g/mol. The minimum atomic E-state index is -3.30. The fourth-order valence-corrected chi connectivity index (χ4v) is 5.64. The molecular formula is C22H26N4O2S. The number of aryl methyl sites for hydroxylation is 1. The number of benzene rings is 1. The molecule has 0 spiro atoms. The maximum atomic E-state index is 12.9. The van der Waals surface area contributed by atoms with E-state index >= 15 is 0 Å². The van der Waals surface area contributed by atoms with Crippen LogP contribution in [0.3, 0.4) is 0 Å². The van der Waals surface area contributed by atoms with Crippen molar-refractivity contribution in [3.05, 3.63) is 60.0 Å². The van der Waals surface area contributed by atoms with Gasteiger partial charge in [0.05, 0.1) is 10.1 Å². The zero-order valence-corrected chi connectivity index (χ0v) is 17.4. The summed E-state index contributed by atoms with van der Waals surface area (Å²) in [5.41, 5.74) is 2.62. The first-order valence-corrected chi connectivity index (χ1v) is 11.7. The van der Waals surface area contributed by atoms with Crippen LogP contribution in [-0.2, 0) is 9.84 Å². The summed E-state index contributed by atoms with van der Waals surface area (Å²) in [6.07, 6.45) is 13.6. The van der Waals surface area contributed by atoms with E-state index in [-0.39, 0.29) is 5.25 Å². The second kappa shape index (κ2) is 8.37. The highest BCUT2D eigenvalue weighted by Crippen LogP contribution is 2.31. The molecule has 1 heterocycles. The van der Waals surface area contributed by atoms with E-state index in [4.69, 9.17) is 0 Å². The molecule has 1 saturated carbocycles. The van der Waals surface area contributed by atoms with Crippen molar-refractivity contribution in [2.24, 2.45) is 0 Å². The van der Waals surface area contributed by atoms with E-state index < -0.39 is 9.84 Å². The van der Waals surface area contributed by atoms with Crippen molar-refractivity contribution in [3.8, 4) is 0 Å². The van der Waals surface area contributed by atoms with Gasteiger partial charge in [-0.05, 0) is 56.9 Å². The standard InChI is InChI=1S/C22H26N4O2S/c1-16-15-23-22(26-21(16)24-17-8-3-2-4-9-17)25-18-10-7-13-20(14-18)29(27,28)19-11-5-6-12-19/h3,7-10,13-15,19H,2,4-6,11-12H2,1H3,(H2,23,24,25,26). The maximum absolute atomic E-state index is 12.9. The lowest BCUT2D eigenvalue weighted by Crippen LogP contribution is -2.17. The second-order valence-corrected chi connectivity index (χ2v) is 9.82. The predicted molar refractivity (Wildman–Crippen MR) is 116 cm³/mol. The molecule has 1 aromatic heterocycles. The van der Waals surface area contributed by atoms with Crippen LogP contribution in [0.25, 0.3) is 0 Å². The molecule has 4 rings (SSSR count). The first-order valence-electron chi connectivity index (χ1n) is 10.1. The Bertz CT molecular complexity index is 1050. The summed E-state index contributed by atoms with van der Waals surface area (Å²) in [6, 6.07) is 6.94. The molecule has 6 nitrogen and oxygen atoms in total. The Morgan fingerprint density at radius 1 is 1.10 bits per heavy atom. The number of hydrogen-bond acceptors (Lipinski definition) is 6. The molecule has 1 aromatic carbocycles. The largest absolute Gasteiger partial charge is 0.340 e. The number of rotatable bonds is 6. The van der Waals surface area contributed by atoms with Crippen LogP contribution >= 0.6 is 0 Å². The summed E-state index contributed by atoms with van der Waals surface area (Å²) in [5, 5.41) is 6.22. The van der Waals surface area contributed by atoms with Gasteiger partial charge in [0, 0.05) is 23.1 Å². The lowest BCUT2D eigenvalue weighted by molar-refractivity contribution is 0.579. The van der Waals surface area contributed by atoms with Gasteiger partial charge in [-0.25, -0.2) is 13.4 Å². The summed E-state index contributed by atoms with van der Waals surface area (Å²) in [5.74, 6) is 1.16. The zero-order chi connectivity index (χ0) is 20.3. The number of sulfone groups is 1. The average molecular weight is 411 g/mol. The smallest absolute Gasteiger partial charge is 0.229 e. The summed E-state index contributed by atoms with van der Waals surface area (Å²) < 4.78 is 25.8. The molecule has 1 fully saturated rings. The third-order valence-electron chi connectivity index (χ3n) is 5.39. The molecule has 2 aliphatic rings. The molecule has 2 aliphatic carbocycles. The molecule has 2 N–H and O–H groups in total. The van der Waals surface area contributed by atoms with E-state index in [1.807, 2.05) is 13.0 Å². The predicted octanol–water partition coefficient (Wildman–Crippen LogP) is 4.89. The van der Waals surface area contributed by atoms with E-state index in [9.17, 15) is 8.42 Å². The van der Waals surface area contributed by atoms with Crippen LogP contribution in [0.2, 0.25) is 0 Å². The first kappa shape index (κ1) is 19.6. The SMILES string of the molecule is Cc1cnc(Nc2cccc(S(=O)(=O)C3CCCC3)c2)nc1NC1=CCCC=C1. The van der Waals surface area contributed by atoms with Crippen molar-refractivity contribution >= 4 is 27.3 Å². The van der Waals surface area contributed by atoms with Crippen molar-refractivity contribution in [1.29, 1.82) is 0 Å². The first-order chi connectivity index (χ1) is 14.0. The van der Waals surface area contributed by atoms with E-state index in [2.05, 4.69) is 38.8 Å². The van der Waals surface area contributed by atoms with Gasteiger partial charge in [0.1, 0.15) is 5.82 Å². The van der Waals surface area contributed by atoms with E-state index in [0.29, 0.717) is 16.5 Å². The summed E-state index contributed by atoms with van der Waals surface area (Å²) in [7, 11) is -3.30. The number of nitrogens with one attached hydrogen (secondary N) is 2. The van der Waals surface area contributed by atoms with E-state index in [1.54, 1.807) is 24.4 Å². The van der Waals surface area contributed by atoms with Gasteiger partial charge in [-0.3, -0.25) is 0 Å². The lowest BCUT2D eigenvalue weighted by Gasteiger charge is -2.14. The highest BCUT2D eigenvalue weighted by Gasteiger charge is 2.30. The van der Waals surface area contributed by atoms with Crippen LogP contribution in [0, 0.1) is 6.92 Å². The highest BCUT2D eigenvalue weighted by molar-refractivity contribution is 7.92. The molecule has 0 radical (unpaired) electrons. The molecule has 152 valence electrons. The van der Waals surface area contributed by atoms with Crippen LogP contribution in [0.15, 0.2) is 59.3 Å². The number of hydrogen-bond donors (Lipinski definition) is 2. The minimum Gasteiger partial charge on any atom is -0.340 e. The summed E-state index contributed by atoms with van der Waals surface area (Å²) in [4.78, 5) is 9.28. The Morgan fingerprint density at radius 3 is 2.69 bits per heavy atom. The Kier molecular flexibility index (Phi) is 5.67. The highest BCUT2D eigenvalue weighted by atomic mass is 32.2. The van der Waals surface area contributed by atoms with Gasteiger partial charge in [-0.15, -0.1) is 0 Å². The van der Waals surface area contributed by atoms with Crippen LogP contribution in [0.4, 0.5) is 17.5 Å². The second-order valence-electron chi connectivity index (χ2n) is 7.59. The maximum Gasteiger partial charge on any atom is 0.229 e. The van der Waals surface area contributed by atoms with Gasteiger partial charge in [0.25, 0.3) is 0 Å². The van der Waals surface area contributed by atoms with Crippen LogP contribution in [0.1, 0.15) is 44.1 Å². The Balaban J connectivity index is 1.54. The van der Waals surface area contributed by atoms with Gasteiger partial charge in [0.15, 0.2) is 9.84 Å². The van der Waals surface area contributed by atoms with Crippen LogP contribution in [-0.4, -0.2) is 23.6 Å². The lowest BCUT2D eigenvalue weighted by atomic mass is 10.1. The fraction of sp³-hybridized carbons (Fsp3) is 0.364. The molecule has 7 heteroatoms. The molecular weight excluding hydrogens is 384 g/mol. The van der Waals surface area contributed by atoms with E-state index in [1.165, 1.54) is 0 Å². The van der Waals surface area contributed by atoms with Gasteiger partial charge in [-0.1, -0.05) is 31.1 Å². The Morgan fingerprint density at radius 2 is 1.93 bits per heavy atom. The molecule has 29 heavy (non-hydrogen) atoms. The third-order valence-corrected chi connectivity index (χ3v) is 7.65. The average Bonchev–Trinajstić information content (AvgIpc) is 3.27. The normalized spacial score (nSPS) is 17.2. The minimum absolute atomic E-state index is 0.263. The van der Waals surface area contributed by atoms with Gasteiger partial charge < -0.3 is 10.6 Å². The van der Waals surface area contributed by atoms with Gasteiger partial charge in [0.2, 0.25) is 5.95 Å². The van der Waals surface area contributed by atoms with Gasteiger partial charge >= 0.3 is 0 Å². The summed E-state index contributed by atoms with van der Waals surface area (Å²) >= 11 is 0. The molecule has 0 unspecified atom stereocenters. The van der Waals surface area contributed by atoms with Crippen LogP contribution < -0.4 is 10.6 Å². The van der Waals surface area contributed by atoms with E-state index in [0.717, 1.165) is 55.6 Å². The quantitative estimate of drug-likeness (QED) is 0.705. The van der Waals surface area contributed by atoms with Gasteiger partial charge in [-0.2, -0.15) is 4.98 Å². The third kappa shape index (κ3) is 4.50. The van der Waals surface area contributed by atoms with Crippen molar-refractivity contribution < 1.29 is 8.42 Å². The molecule has 0 amide bonds.